The van der Waals surface area contributed by atoms with Crippen LogP contribution in [0.3, 0.4) is 0 Å². The highest BCUT2D eigenvalue weighted by atomic mass is 16.2. The number of hydrogen-bond acceptors (Lipinski definition) is 2. The van der Waals surface area contributed by atoms with Crippen molar-refractivity contribution in [2.24, 2.45) is 11.8 Å². The molecule has 1 aliphatic heterocycles. The number of benzene rings is 1. The molecule has 2 heterocycles. The van der Waals surface area contributed by atoms with Crippen molar-refractivity contribution in [1.82, 2.24) is 9.47 Å². The van der Waals surface area contributed by atoms with E-state index >= 15 is 0 Å². The van der Waals surface area contributed by atoms with Gasteiger partial charge in [0.05, 0.1) is 0 Å². The van der Waals surface area contributed by atoms with Crippen molar-refractivity contribution in [3.8, 4) is 0 Å². The molecule has 0 N–H and O–H groups in total. The molecule has 3 aliphatic rings. The molecule has 27 heavy (non-hydrogen) atoms. The van der Waals surface area contributed by atoms with Crippen molar-refractivity contribution in [3.05, 3.63) is 60.4 Å². The number of carbonyl (C=O) groups is 2. The molecule has 0 radical (unpaired) electrons. The highest BCUT2D eigenvalue weighted by Crippen LogP contribution is 2.51. The predicted octanol–water partition coefficient (Wildman–Crippen LogP) is 4.09. The zero-order valence-corrected chi connectivity index (χ0v) is 15.5. The molecule has 0 spiro atoms. The average Bonchev–Trinajstić information content (AvgIpc) is 3.14. The number of likely N-dealkylation sites (tertiary alicyclic amines) is 1. The lowest BCUT2D eigenvalue weighted by atomic mass is 9.84. The van der Waals surface area contributed by atoms with E-state index < -0.39 is 0 Å². The Morgan fingerprint density at radius 3 is 2.37 bits per heavy atom. The molecule has 5 atom stereocenters. The minimum Gasteiger partial charge on any atom is -0.327 e. The fourth-order valence-corrected chi connectivity index (χ4v) is 5.38. The molecule has 2 aromatic rings. The topological polar surface area (TPSA) is 42.3 Å². The van der Waals surface area contributed by atoms with Crippen molar-refractivity contribution in [2.75, 3.05) is 0 Å². The minimum atomic E-state index is -0.296. The van der Waals surface area contributed by atoms with Gasteiger partial charge in [0.25, 0.3) is 5.91 Å². The van der Waals surface area contributed by atoms with Crippen LogP contribution < -0.4 is 0 Å². The van der Waals surface area contributed by atoms with Crippen LogP contribution in [0.4, 0.5) is 0 Å². The number of carbonyl (C=O) groups excluding carboxylic acids is 2. The highest BCUT2D eigenvalue weighted by Gasteiger charge is 2.53. The molecule has 4 heteroatoms. The van der Waals surface area contributed by atoms with Gasteiger partial charge in [-0.2, -0.15) is 0 Å². The van der Waals surface area contributed by atoms with E-state index in [-0.39, 0.29) is 29.8 Å². The Labute approximate surface area is 160 Å². The lowest BCUT2D eigenvalue weighted by Gasteiger charge is -2.34. The molecule has 0 unspecified atom stereocenters. The van der Waals surface area contributed by atoms with Gasteiger partial charge in [0.15, 0.2) is 0 Å². The van der Waals surface area contributed by atoms with Crippen LogP contribution in [-0.2, 0) is 4.79 Å². The van der Waals surface area contributed by atoms with Crippen LogP contribution in [-0.4, -0.2) is 33.4 Å². The van der Waals surface area contributed by atoms with E-state index in [1.807, 2.05) is 35.2 Å². The third kappa shape index (κ3) is 2.91. The van der Waals surface area contributed by atoms with E-state index in [0.717, 1.165) is 25.7 Å². The van der Waals surface area contributed by atoms with Crippen LogP contribution in [0.2, 0.25) is 0 Å². The number of nitrogens with zero attached hydrogens (tertiary/aromatic N) is 2. The highest BCUT2D eigenvalue weighted by molar-refractivity contribution is 5.92. The fourth-order valence-electron chi connectivity index (χ4n) is 5.38. The second kappa shape index (κ2) is 6.66. The van der Waals surface area contributed by atoms with Crippen LogP contribution in [0.15, 0.2) is 54.9 Å². The fraction of sp³-hybridized carbons (Fsp3) is 0.478. The van der Waals surface area contributed by atoms with Gasteiger partial charge in [-0.25, -0.2) is 0 Å². The first-order valence-corrected chi connectivity index (χ1v) is 10.3. The quantitative estimate of drug-likeness (QED) is 0.825. The maximum absolute atomic E-state index is 13.5. The molecular weight excluding hydrogens is 336 g/mol. The van der Waals surface area contributed by atoms with E-state index in [9.17, 15) is 9.59 Å². The van der Waals surface area contributed by atoms with Crippen LogP contribution in [0.25, 0.3) is 0 Å². The van der Waals surface area contributed by atoms with Crippen molar-refractivity contribution in [1.29, 1.82) is 0 Å². The molecule has 4 nitrogen and oxygen atoms in total. The van der Waals surface area contributed by atoms with Gasteiger partial charge < -0.3 is 4.90 Å². The number of amides is 1. The molecule has 1 aromatic heterocycles. The maximum Gasteiger partial charge on any atom is 0.253 e. The van der Waals surface area contributed by atoms with Crippen molar-refractivity contribution < 1.29 is 9.59 Å². The molecule has 2 saturated carbocycles. The van der Waals surface area contributed by atoms with Crippen LogP contribution in [0.5, 0.6) is 0 Å². The maximum atomic E-state index is 13.5. The largest absolute Gasteiger partial charge is 0.327 e. The summed E-state index contributed by atoms with van der Waals surface area (Å²) in [5.74, 6) is 1.13. The summed E-state index contributed by atoms with van der Waals surface area (Å²) in [6.07, 6.45) is 9.95. The van der Waals surface area contributed by atoms with E-state index in [2.05, 4.69) is 12.1 Å². The zero-order chi connectivity index (χ0) is 18.4. The van der Waals surface area contributed by atoms with Gasteiger partial charge in [-0.1, -0.05) is 43.2 Å². The summed E-state index contributed by atoms with van der Waals surface area (Å²) >= 11 is 0. The first-order chi connectivity index (χ1) is 13.2. The Hall–Kier alpha value is -2.36. The summed E-state index contributed by atoms with van der Waals surface area (Å²) in [6, 6.07) is 14.0. The number of aromatic nitrogens is 1. The smallest absolute Gasteiger partial charge is 0.253 e. The molecule has 3 fully saturated rings. The lowest BCUT2D eigenvalue weighted by Crippen LogP contribution is -2.48. The van der Waals surface area contributed by atoms with Crippen molar-refractivity contribution >= 4 is 11.8 Å². The number of rotatable bonds is 3. The summed E-state index contributed by atoms with van der Waals surface area (Å²) in [5.41, 5.74) is 1.25. The summed E-state index contributed by atoms with van der Waals surface area (Å²) in [7, 11) is 0. The van der Waals surface area contributed by atoms with Gasteiger partial charge in [-0.3, -0.25) is 14.2 Å². The zero-order valence-electron chi connectivity index (χ0n) is 15.5. The Morgan fingerprint density at radius 1 is 0.852 bits per heavy atom. The normalized spacial score (nSPS) is 32.1. The summed E-state index contributed by atoms with van der Waals surface area (Å²) in [4.78, 5) is 28.6. The Morgan fingerprint density at radius 2 is 1.59 bits per heavy atom. The first kappa shape index (κ1) is 16.8. The SMILES string of the molecule is O=C([C@H]1C[C@@H]1c1ccccc1)N1[C@H](C(=O)n2cccc2)C[C@@H]2CCCC[C@@H]21. The third-order valence-electron chi connectivity index (χ3n) is 6.82. The Kier molecular flexibility index (Phi) is 4.14. The van der Waals surface area contributed by atoms with Crippen molar-refractivity contribution in [3.63, 3.8) is 0 Å². The third-order valence-corrected chi connectivity index (χ3v) is 6.82. The predicted molar refractivity (Wildman–Crippen MR) is 103 cm³/mol. The van der Waals surface area contributed by atoms with Crippen LogP contribution >= 0.6 is 0 Å². The van der Waals surface area contributed by atoms with Gasteiger partial charge in [-0.15, -0.1) is 0 Å². The number of fused-ring (bicyclic) bond motifs is 1. The minimum absolute atomic E-state index is 0.0491. The van der Waals surface area contributed by atoms with Crippen molar-refractivity contribution in [2.45, 2.75) is 56.5 Å². The molecule has 0 bridgehead atoms. The second-order valence-electron chi connectivity index (χ2n) is 8.40. The molecule has 2 aliphatic carbocycles. The van der Waals surface area contributed by atoms with E-state index in [0.29, 0.717) is 11.8 Å². The monoisotopic (exact) mass is 362 g/mol. The van der Waals surface area contributed by atoms with Gasteiger partial charge in [0.2, 0.25) is 5.91 Å². The summed E-state index contributed by atoms with van der Waals surface area (Å²) < 4.78 is 1.66. The van der Waals surface area contributed by atoms with Gasteiger partial charge in [0, 0.05) is 24.4 Å². The average molecular weight is 362 g/mol. The van der Waals surface area contributed by atoms with E-state index in [1.54, 1.807) is 17.0 Å². The number of hydrogen-bond donors (Lipinski definition) is 0. The summed E-state index contributed by atoms with van der Waals surface area (Å²) in [6.45, 7) is 0. The molecule has 140 valence electrons. The Bertz CT molecular complexity index is 829. The summed E-state index contributed by atoms with van der Waals surface area (Å²) in [5, 5.41) is 0. The van der Waals surface area contributed by atoms with Gasteiger partial charge in [-0.05, 0) is 55.2 Å². The van der Waals surface area contributed by atoms with Crippen LogP contribution in [0, 0.1) is 11.8 Å². The molecule has 5 rings (SSSR count). The lowest BCUT2D eigenvalue weighted by molar-refractivity contribution is -0.135. The Balaban J connectivity index is 1.40. The molecule has 1 aromatic carbocycles. The van der Waals surface area contributed by atoms with Gasteiger partial charge >= 0.3 is 0 Å². The molecular formula is C23H26N2O2. The standard InChI is InChI=1S/C23H26N2O2/c26-22(19-15-18(19)16-8-2-1-3-9-16)25-20-11-5-4-10-17(20)14-21(25)23(27)24-12-6-7-13-24/h1-3,6-9,12-13,17-21H,4-5,10-11,14-15H2/t17-,18+,19-,20-,21-/m0/s1. The molecule has 1 amide bonds. The first-order valence-electron chi connectivity index (χ1n) is 10.3. The van der Waals surface area contributed by atoms with E-state index in [4.69, 9.17) is 0 Å². The van der Waals surface area contributed by atoms with E-state index in [1.165, 1.54) is 18.4 Å². The van der Waals surface area contributed by atoms with Crippen LogP contribution in [0.1, 0.15) is 54.8 Å². The van der Waals surface area contributed by atoms with Gasteiger partial charge in [0.1, 0.15) is 6.04 Å². The second-order valence-corrected chi connectivity index (χ2v) is 8.40. The molecule has 1 saturated heterocycles.